The minimum atomic E-state index is -1.50. The van der Waals surface area contributed by atoms with Crippen molar-refractivity contribution in [3.05, 3.63) is 10.1 Å². The normalized spacial score (nSPS) is 4.00. The molecule has 0 saturated carbocycles. The van der Waals surface area contributed by atoms with E-state index < -0.39 is 5.09 Å². The van der Waals surface area contributed by atoms with Crippen molar-refractivity contribution in [3.63, 3.8) is 0 Å². The van der Waals surface area contributed by atoms with E-state index in [1.807, 2.05) is 0 Å². The van der Waals surface area contributed by atoms with Crippen molar-refractivity contribution in [2.24, 2.45) is 0 Å². The van der Waals surface area contributed by atoms with Gasteiger partial charge in [0.25, 0.3) is 5.09 Å². The molecule has 0 unspecified atom stereocenters. The van der Waals surface area contributed by atoms with Gasteiger partial charge < -0.3 is 11.4 Å². The van der Waals surface area contributed by atoms with Crippen molar-refractivity contribution in [2.45, 2.75) is 0 Å². The first kappa shape index (κ1) is 17.1. The van der Waals surface area contributed by atoms with Crippen LogP contribution in [-0.2, 0) is 0 Å². The maximum absolute atomic E-state index is 8.36. The van der Waals surface area contributed by atoms with Crippen molar-refractivity contribution in [3.8, 4) is 0 Å². The van der Waals surface area contributed by atoms with Crippen molar-refractivity contribution >= 4 is 18.9 Å². The summed E-state index contributed by atoms with van der Waals surface area (Å²) in [7, 11) is 0. The molecule has 0 radical (unpaired) electrons. The Morgan fingerprint density at radius 2 is 1.67 bits per heavy atom. The Morgan fingerprint density at radius 1 is 1.67 bits per heavy atom. The summed E-state index contributed by atoms with van der Waals surface area (Å²) in [4.78, 5) is 8.36. The maximum atomic E-state index is 8.36. The Hall–Kier alpha value is -0.243. The molecule has 5 nitrogen and oxygen atoms in total. The molecule has 0 spiro atoms. The third kappa shape index (κ3) is 485. The molecule has 0 amide bonds. The van der Waals surface area contributed by atoms with Crippen LogP contribution in [0.1, 0.15) is 0 Å². The van der Waals surface area contributed by atoms with Crippen LogP contribution < -0.4 is 6.15 Å². The van der Waals surface area contributed by atoms with Crippen molar-refractivity contribution in [1.82, 2.24) is 6.15 Å². The molecule has 0 atom stereocenters. The van der Waals surface area contributed by atoms with Crippen molar-refractivity contribution in [1.29, 1.82) is 0 Å². The number of hydrogen-bond acceptors (Lipinski definition) is 3. The van der Waals surface area contributed by atoms with Gasteiger partial charge in [-0.1, -0.05) is 0 Å². The summed E-state index contributed by atoms with van der Waals surface area (Å²) in [5.74, 6) is 0. The third-order valence-electron chi connectivity index (χ3n) is 0. The predicted octanol–water partition coefficient (Wildman–Crippen LogP) is -0.834. The van der Waals surface area contributed by atoms with Crippen LogP contribution in [0.4, 0.5) is 0 Å². The Morgan fingerprint density at radius 3 is 1.67 bits per heavy atom. The van der Waals surface area contributed by atoms with Crippen LogP contribution in [0.25, 0.3) is 0 Å². The van der Waals surface area contributed by atoms with Gasteiger partial charge in [-0.05, 0) is 0 Å². The monoisotopic (exact) mass is 88.0 g/mol. The summed E-state index contributed by atoms with van der Waals surface area (Å²) >= 11 is 0. The van der Waals surface area contributed by atoms with E-state index in [1.165, 1.54) is 0 Å². The molecular weight excluding hydrogens is 83.0 g/mol. The zero-order valence-electron chi connectivity index (χ0n) is 2.42. The molecule has 0 aliphatic carbocycles. The molecule has 0 bridgehead atoms. The van der Waals surface area contributed by atoms with Crippen LogP contribution in [0.5, 0.6) is 0 Å². The molecule has 0 aromatic heterocycles. The van der Waals surface area contributed by atoms with Gasteiger partial charge in [-0.3, -0.25) is 0 Å². The van der Waals surface area contributed by atoms with Gasteiger partial charge in [0.1, 0.15) is 0 Å². The van der Waals surface area contributed by atoms with Crippen LogP contribution in [0.2, 0.25) is 0 Å². The number of nitrogens with zero attached hydrogens (tertiary/aromatic N) is 1. The van der Waals surface area contributed by atoms with Crippen LogP contribution >= 0.6 is 0 Å². The van der Waals surface area contributed by atoms with Crippen LogP contribution in [0.15, 0.2) is 0 Å². The second-order valence-corrected chi connectivity index (χ2v) is 0.238. The van der Waals surface area contributed by atoms with E-state index >= 15 is 0 Å². The minimum absolute atomic E-state index is 0. The fraction of sp³-hybridized carbons (Fsp3) is 0. The molecule has 0 aromatic carbocycles. The van der Waals surface area contributed by atoms with Crippen molar-refractivity contribution < 1.29 is 10.3 Å². The first-order chi connectivity index (χ1) is 1.73. The number of hydrogen-bond donors (Lipinski definition) is 2. The molecule has 0 heterocycles. The molecule has 0 saturated heterocycles. The second kappa shape index (κ2) is 8.83. The van der Waals surface area contributed by atoms with Gasteiger partial charge >= 0.3 is 18.9 Å². The van der Waals surface area contributed by atoms with E-state index in [4.69, 9.17) is 15.3 Å². The van der Waals surface area contributed by atoms with E-state index in [-0.39, 0.29) is 25.0 Å². The quantitative estimate of drug-likeness (QED) is 0.229. The van der Waals surface area contributed by atoms with Gasteiger partial charge in [-0.25, -0.2) is 0 Å². The third-order valence-corrected chi connectivity index (χ3v) is 0. The van der Waals surface area contributed by atoms with Gasteiger partial charge in [-0.2, -0.15) is 0 Å². The summed E-state index contributed by atoms with van der Waals surface area (Å²) in [6.45, 7) is 0. The fourth-order valence-corrected chi connectivity index (χ4v) is 0. The molecule has 6 heavy (non-hydrogen) atoms. The molecule has 4 N–H and O–H groups in total. The van der Waals surface area contributed by atoms with Gasteiger partial charge in [0.15, 0.2) is 0 Å². The summed E-state index contributed by atoms with van der Waals surface area (Å²) in [6, 6.07) is 0. The standard InChI is InChI=1S/Li.HNO3.H3N.H/c;2-1(3)4;;/h;(H,2,3,4);1H3;. The van der Waals surface area contributed by atoms with Gasteiger partial charge in [0, 0.05) is 0 Å². The zero-order chi connectivity index (χ0) is 3.58. The summed E-state index contributed by atoms with van der Waals surface area (Å²) in [6.07, 6.45) is 0. The Labute approximate surface area is 46.2 Å². The first-order valence-corrected chi connectivity index (χ1v) is 0.565. The van der Waals surface area contributed by atoms with E-state index in [0.717, 1.165) is 0 Å². The molecule has 0 aliphatic heterocycles. The first-order valence-electron chi connectivity index (χ1n) is 0.565. The molecule has 0 rings (SSSR count). The van der Waals surface area contributed by atoms with Gasteiger partial charge in [0.05, 0.1) is 0 Å². The van der Waals surface area contributed by atoms with Gasteiger partial charge in [0.2, 0.25) is 0 Å². The van der Waals surface area contributed by atoms with E-state index in [2.05, 4.69) is 0 Å². The molecule has 0 aromatic rings. The van der Waals surface area contributed by atoms with E-state index in [0.29, 0.717) is 0 Å². The molecule has 0 aliphatic rings. The van der Waals surface area contributed by atoms with Gasteiger partial charge in [-0.15, -0.1) is 10.1 Å². The van der Waals surface area contributed by atoms with Crippen LogP contribution in [-0.4, -0.2) is 29.2 Å². The Bertz CT molecular complexity index is 31.8. The fourth-order valence-electron chi connectivity index (χ4n) is 0. The average molecular weight is 88.0 g/mol. The summed E-state index contributed by atoms with van der Waals surface area (Å²) in [5.41, 5.74) is 0. The van der Waals surface area contributed by atoms with E-state index in [1.54, 1.807) is 0 Å². The van der Waals surface area contributed by atoms with E-state index in [9.17, 15) is 0 Å². The SMILES string of the molecule is N.O=[N+]([O-])O.[LiH]. The predicted molar refractivity (Wildman–Crippen MR) is 21.0 cm³/mol. The summed E-state index contributed by atoms with van der Waals surface area (Å²) in [5, 5.41) is 13.6. The average Bonchev–Trinajstić information content (AvgIpc) is 0.811. The zero-order valence-corrected chi connectivity index (χ0v) is 2.42. The second-order valence-electron chi connectivity index (χ2n) is 0.238. The van der Waals surface area contributed by atoms with Crippen LogP contribution in [0.3, 0.4) is 0 Å². The molecule has 6 heteroatoms. The van der Waals surface area contributed by atoms with Crippen molar-refractivity contribution in [2.75, 3.05) is 0 Å². The summed E-state index contributed by atoms with van der Waals surface area (Å²) < 4.78 is 0. The molecule has 34 valence electrons. The number of rotatable bonds is 0. The Balaban J connectivity index is -0.0000000450. The topological polar surface area (TPSA) is 98.4 Å². The molecular formula is H5LiN2O3. The van der Waals surface area contributed by atoms with Crippen LogP contribution in [0, 0.1) is 10.1 Å². The molecule has 0 fully saturated rings. The Kier molecular flexibility index (Phi) is 25.2.